The van der Waals surface area contributed by atoms with Gasteiger partial charge in [-0.15, -0.1) is 11.3 Å². The number of aromatic nitrogens is 2. The van der Waals surface area contributed by atoms with E-state index in [2.05, 4.69) is 20.8 Å². The van der Waals surface area contributed by atoms with Gasteiger partial charge in [-0.1, -0.05) is 29.8 Å². The fraction of sp³-hybridized carbons (Fsp3) is 0.333. The van der Waals surface area contributed by atoms with Gasteiger partial charge in [0.05, 0.1) is 10.6 Å². The lowest BCUT2D eigenvalue weighted by atomic mass is 9.85. The third-order valence-corrected chi connectivity index (χ3v) is 6.12. The minimum absolute atomic E-state index is 0.286. The number of benzene rings is 1. The SMILES string of the molecule is Cc1sc(-c2noc(C3CCC3)n2)cc1NC(=O)C(C)NC(=O)c1ccccc1. The van der Waals surface area contributed by atoms with Gasteiger partial charge < -0.3 is 15.2 Å². The van der Waals surface area contributed by atoms with Crippen molar-refractivity contribution < 1.29 is 14.1 Å². The van der Waals surface area contributed by atoms with Crippen LogP contribution in [-0.2, 0) is 4.79 Å². The number of nitrogens with zero attached hydrogens (tertiary/aromatic N) is 2. The molecule has 2 amide bonds. The first-order valence-corrected chi connectivity index (χ1v) is 10.4. The molecular weight excluding hydrogens is 388 g/mol. The van der Waals surface area contributed by atoms with Gasteiger partial charge in [-0.05, 0) is 44.9 Å². The minimum Gasteiger partial charge on any atom is -0.341 e. The van der Waals surface area contributed by atoms with Crippen molar-refractivity contribution in [1.82, 2.24) is 15.5 Å². The lowest BCUT2D eigenvalue weighted by molar-refractivity contribution is -0.117. The lowest BCUT2D eigenvalue weighted by Gasteiger charge is -2.20. The number of hydrogen-bond donors (Lipinski definition) is 2. The number of carbonyl (C=O) groups is 2. The van der Waals surface area contributed by atoms with Crippen molar-refractivity contribution in [3.05, 3.63) is 52.7 Å². The van der Waals surface area contributed by atoms with Gasteiger partial charge in [0.15, 0.2) is 0 Å². The maximum Gasteiger partial charge on any atom is 0.251 e. The van der Waals surface area contributed by atoms with E-state index in [1.807, 2.05) is 19.1 Å². The zero-order valence-electron chi connectivity index (χ0n) is 16.3. The summed E-state index contributed by atoms with van der Waals surface area (Å²) < 4.78 is 5.39. The Balaban J connectivity index is 1.40. The van der Waals surface area contributed by atoms with Gasteiger partial charge >= 0.3 is 0 Å². The minimum atomic E-state index is -0.680. The number of carbonyl (C=O) groups excluding carboxylic acids is 2. The van der Waals surface area contributed by atoms with Crippen molar-refractivity contribution in [2.24, 2.45) is 0 Å². The quantitative estimate of drug-likeness (QED) is 0.637. The molecule has 1 unspecified atom stereocenters. The van der Waals surface area contributed by atoms with Crippen molar-refractivity contribution in [3.8, 4) is 10.7 Å². The van der Waals surface area contributed by atoms with Gasteiger partial charge in [0, 0.05) is 16.4 Å². The first-order chi connectivity index (χ1) is 14.0. The summed E-state index contributed by atoms with van der Waals surface area (Å²) in [7, 11) is 0. The highest BCUT2D eigenvalue weighted by Gasteiger charge is 2.26. The fourth-order valence-electron chi connectivity index (χ4n) is 3.05. The van der Waals surface area contributed by atoms with Gasteiger partial charge in [0.1, 0.15) is 6.04 Å². The number of hydrogen-bond acceptors (Lipinski definition) is 6. The van der Waals surface area contributed by atoms with Crippen LogP contribution in [0.1, 0.15) is 53.2 Å². The number of aryl methyl sites for hydroxylation is 1. The van der Waals surface area contributed by atoms with E-state index in [9.17, 15) is 9.59 Å². The molecule has 150 valence electrons. The Labute approximate surface area is 172 Å². The van der Waals surface area contributed by atoms with Crippen LogP contribution in [0.4, 0.5) is 5.69 Å². The fourth-order valence-corrected chi connectivity index (χ4v) is 3.95. The topological polar surface area (TPSA) is 97.1 Å². The predicted molar refractivity (Wildman–Crippen MR) is 111 cm³/mol. The summed E-state index contributed by atoms with van der Waals surface area (Å²) in [4.78, 5) is 31.1. The van der Waals surface area contributed by atoms with Gasteiger partial charge in [0.25, 0.3) is 5.91 Å². The number of nitrogens with one attached hydrogen (secondary N) is 2. The molecule has 0 radical (unpaired) electrons. The second-order valence-electron chi connectivity index (χ2n) is 7.21. The van der Waals surface area contributed by atoms with Gasteiger partial charge in [-0.2, -0.15) is 4.98 Å². The summed E-state index contributed by atoms with van der Waals surface area (Å²) in [6, 6.07) is 9.98. The van der Waals surface area contributed by atoms with Crippen LogP contribution in [0.5, 0.6) is 0 Å². The zero-order valence-corrected chi connectivity index (χ0v) is 17.1. The summed E-state index contributed by atoms with van der Waals surface area (Å²) >= 11 is 1.50. The van der Waals surface area contributed by atoms with E-state index in [0.29, 0.717) is 28.9 Å². The molecule has 3 aromatic rings. The Hall–Kier alpha value is -3.00. The standard InChI is InChI=1S/C21H22N4O3S/c1-12(22-20(27)14-7-4-3-5-8-14)19(26)23-16-11-17(29-13(16)2)18-24-21(28-25-18)15-9-6-10-15/h3-5,7-8,11-12,15H,6,9-10H2,1-2H3,(H,22,27)(H,23,26). The average molecular weight is 410 g/mol. The number of anilines is 1. The van der Waals surface area contributed by atoms with Crippen molar-refractivity contribution in [2.45, 2.75) is 45.1 Å². The molecule has 1 saturated carbocycles. The average Bonchev–Trinajstić information content (AvgIpc) is 3.28. The second-order valence-corrected chi connectivity index (χ2v) is 8.47. The molecule has 2 N–H and O–H groups in total. The third kappa shape index (κ3) is 4.22. The van der Waals surface area contributed by atoms with E-state index in [1.165, 1.54) is 17.8 Å². The lowest BCUT2D eigenvalue weighted by Crippen LogP contribution is -2.41. The molecule has 1 fully saturated rings. The number of amides is 2. The van der Waals surface area contributed by atoms with Crippen LogP contribution < -0.4 is 10.6 Å². The molecule has 0 saturated heterocycles. The summed E-state index contributed by atoms with van der Waals surface area (Å²) in [5.41, 5.74) is 1.20. The molecule has 29 heavy (non-hydrogen) atoms. The summed E-state index contributed by atoms with van der Waals surface area (Å²) in [6.07, 6.45) is 3.40. The highest BCUT2D eigenvalue weighted by atomic mass is 32.1. The summed E-state index contributed by atoms with van der Waals surface area (Å²) in [5, 5.41) is 9.68. The third-order valence-electron chi connectivity index (χ3n) is 5.07. The van der Waals surface area contributed by atoms with E-state index in [4.69, 9.17) is 4.52 Å². The Morgan fingerprint density at radius 1 is 1.24 bits per heavy atom. The van der Waals surface area contributed by atoms with E-state index in [-0.39, 0.29) is 11.8 Å². The molecule has 0 spiro atoms. The first-order valence-electron chi connectivity index (χ1n) is 9.62. The zero-order chi connectivity index (χ0) is 20.4. The molecule has 4 rings (SSSR count). The first kappa shape index (κ1) is 19.3. The second kappa shape index (κ2) is 8.16. The van der Waals surface area contributed by atoms with Crippen molar-refractivity contribution in [1.29, 1.82) is 0 Å². The maximum absolute atomic E-state index is 12.5. The van der Waals surface area contributed by atoms with Gasteiger partial charge in [0.2, 0.25) is 17.6 Å². The van der Waals surface area contributed by atoms with Crippen molar-refractivity contribution >= 4 is 28.8 Å². The largest absolute Gasteiger partial charge is 0.341 e. The molecule has 7 nitrogen and oxygen atoms in total. The molecule has 1 atom stereocenters. The van der Waals surface area contributed by atoms with Crippen LogP contribution in [0.2, 0.25) is 0 Å². The molecule has 1 aliphatic carbocycles. The molecule has 8 heteroatoms. The molecule has 0 aliphatic heterocycles. The smallest absolute Gasteiger partial charge is 0.251 e. The van der Waals surface area contributed by atoms with Crippen LogP contribution in [-0.4, -0.2) is 28.0 Å². The number of thiophene rings is 1. The highest BCUT2D eigenvalue weighted by molar-refractivity contribution is 7.16. The molecule has 2 aromatic heterocycles. The Morgan fingerprint density at radius 2 is 2.00 bits per heavy atom. The number of rotatable bonds is 6. The van der Waals surface area contributed by atoms with Crippen LogP contribution in [0, 0.1) is 6.92 Å². The summed E-state index contributed by atoms with van der Waals surface area (Å²) in [5.74, 6) is 1.05. The normalized spacial score (nSPS) is 14.8. The van der Waals surface area contributed by atoms with E-state index >= 15 is 0 Å². The van der Waals surface area contributed by atoms with Crippen molar-refractivity contribution in [3.63, 3.8) is 0 Å². The maximum atomic E-state index is 12.5. The Morgan fingerprint density at radius 3 is 2.69 bits per heavy atom. The molecular formula is C21H22N4O3S. The van der Waals surface area contributed by atoms with Gasteiger partial charge in [-0.3, -0.25) is 9.59 Å². The molecule has 2 heterocycles. The molecule has 0 bridgehead atoms. The van der Waals surface area contributed by atoms with Crippen LogP contribution in [0.3, 0.4) is 0 Å². The van der Waals surface area contributed by atoms with E-state index in [0.717, 1.165) is 22.6 Å². The summed E-state index contributed by atoms with van der Waals surface area (Å²) in [6.45, 7) is 3.58. The van der Waals surface area contributed by atoms with Gasteiger partial charge in [-0.25, -0.2) is 0 Å². The Bertz CT molecular complexity index is 1020. The van der Waals surface area contributed by atoms with E-state index in [1.54, 1.807) is 31.2 Å². The van der Waals surface area contributed by atoms with Crippen molar-refractivity contribution in [2.75, 3.05) is 5.32 Å². The molecule has 1 aliphatic rings. The highest BCUT2D eigenvalue weighted by Crippen LogP contribution is 2.38. The van der Waals surface area contributed by atoms with Crippen LogP contribution >= 0.6 is 11.3 Å². The predicted octanol–water partition coefficient (Wildman–Crippen LogP) is 4.13. The van der Waals surface area contributed by atoms with E-state index < -0.39 is 6.04 Å². The van der Waals surface area contributed by atoms with Crippen LogP contribution in [0.15, 0.2) is 40.9 Å². The monoisotopic (exact) mass is 410 g/mol. The van der Waals surface area contributed by atoms with Crippen LogP contribution in [0.25, 0.3) is 10.7 Å². The Kier molecular flexibility index (Phi) is 5.44. The molecule has 1 aromatic carbocycles.